The van der Waals surface area contributed by atoms with E-state index in [0.717, 1.165) is 48.9 Å². The van der Waals surface area contributed by atoms with Crippen LogP contribution in [0.3, 0.4) is 0 Å². The van der Waals surface area contributed by atoms with Crippen molar-refractivity contribution in [3.63, 3.8) is 0 Å². The van der Waals surface area contributed by atoms with Gasteiger partial charge in [0.2, 0.25) is 0 Å². The van der Waals surface area contributed by atoms with E-state index in [1.807, 2.05) is 0 Å². The highest BCUT2D eigenvalue weighted by Gasteiger charge is 2.41. The summed E-state index contributed by atoms with van der Waals surface area (Å²) in [5.41, 5.74) is -0.260. The van der Waals surface area contributed by atoms with E-state index in [-0.39, 0.29) is 5.60 Å². The van der Waals surface area contributed by atoms with Gasteiger partial charge in [0, 0.05) is 0 Å². The van der Waals surface area contributed by atoms with Crippen molar-refractivity contribution in [2.75, 3.05) is 7.11 Å². The van der Waals surface area contributed by atoms with Gasteiger partial charge in [0.1, 0.15) is 5.60 Å². The number of methoxy groups -OCH3 is 1. The molecule has 0 amide bonds. The first-order valence-corrected chi connectivity index (χ1v) is 13.8. The molecule has 3 fully saturated rings. The van der Waals surface area contributed by atoms with E-state index in [1.54, 1.807) is 0 Å². The molecule has 3 aliphatic rings. The molecule has 0 N–H and O–H groups in total. The first-order valence-electron chi connectivity index (χ1n) is 13.8. The molecule has 0 radical (unpaired) electrons. The molecule has 0 unspecified atom stereocenters. The molecular formula is C28H50O3. The van der Waals surface area contributed by atoms with Crippen LogP contribution < -0.4 is 0 Å². The number of hydrogen-bond acceptors (Lipinski definition) is 3. The quantitative estimate of drug-likeness (QED) is 0.269. The van der Waals surface area contributed by atoms with Crippen LogP contribution in [-0.4, -0.2) is 18.9 Å². The molecule has 3 aliphatic carbocycles. The predicted molar refractivity (Wildman–Crippen MR) is 128 cm³/mol. The molecule has 0 spiro atoms. The van der Waals surface area contributed by atoms with Crippen molar-refractivity contribution in [2.45, 2.75) is 135 Å². The average Bonchev–Trinajstić information content (AvgIpc) is 2.80. The molecule has 0 aromatic rings. The maximum Gasteiger partial charge on any atom is 0.508 e. The van der Waals surface area contributed by atoms with Crippen LogP contribution in [0.4, 0.5) is 4.79 Å². The minimum atomic E-state index is -0.468. The fourth-order valence-corrected chi connectivity index (χ4v) is 6.98. The number of ether oxygens (including phenoxy) is 2. The molecule has 0 bridgehead atoms. The van der Waals surface area contributed by atoms with Crippen molar-refractivity contribution < 1.29 is 14.3 Å². The van der Waals surface area contributed by atoms with Gasteiger partial charge in [-0.1, -0.05) is 78.1 Å². The Morgan fingerprint density at radius 2 is 1.39 bits per heavy atom. The van der Waals surface area contributed by atoms with Crippen LogP contribution in [-0.2, 0) is 9.47 Å². The summed E-state index contributed by atoms with van der Waals surface area (Å²) in [7, 11) is 1.45. The van der Waals surface area contributed by atoms with E-state index in [2.05, 4.69) is 13.8 Å². The first kappa shape index (κ1) is 24.9. The first-order chi connectivity index (χ1) is 15.0. The zero-order chi connectivity index (χ0) is 22.1. The lowest BCUT2D eigenvalue weighted by Gasteiger charge is -2.43. The summed E-state index contributed by atoms with van der Waals surface area (Å²) < 4.78 is 10.9. The predicted octanol–water partition coefficient (Wildman–Crippen LogP) is 8.69. The minimum Gasteiger partial charge on any atom is -0.438 e. The van der Waals surface area contributed by atoms with E-state index < -0.39 is 6.16 Å². The van der Waals surface area contributed by atoms with Gasteiger partial charge in [-0.15, -0.1) is 0 Å². The summed E-state index contributed by atoms with van der Waals surface area (Å²) in [6.45, 7) is 4.71. The molecule has 3 rings (SSSR count). The lowest BCUT2D eigenvalue weighted by Crippen LogP contribution is -2.41. The van der Waals surface area contributed by atoms with Crippen LogP contribution in [0, 0.1) is 29.6 Å². The summed E-state index contributed by atoms with van der Waals surface area (Å²) in [5.74, 6) is 4.48. The smallest absolute Gasteiger partial charge is 0.438 e. The Labute approximate surface area is 192 Å². The van der Waals surface area contributed by atoms with Gasteiger partial charge < -0.3 is 9.47 Å². The Morgan fingerprint density at radius 3 is 1.97 bits per heavy atom. The normalized spacial score (nSPS) is 36.7. The fourth-order valence-electron chi connectivity index (χ4n) is 6.98. The third-order valence-corrected chi connectivity index (χ3v) is 9.33. The van der Waals surface area contributed by atoms with Crippen molar-refractivity contribution in [3.05, 3.63) is 0 Å². The highest BCUT2D eigenvalue weighted by atomic mass is 16.7. The van der Waals surface area contributed by atoms with Crippen molar-refractivity contribution in [1.29, 1.82) is 0 Å². The van der Waals surface area contributed by atoms with Gasteiger partial charge in [-0.2, -0.15) is 0 Å². The van der Waals surface area contributed by atoms with Crippen LogP contribution in [0.15, 0.2) is 0 Å². The number of carbonyl (C=O) groups is 1. The Morgan fingerprint density at radius 1 is 0.806 bits per heavy atom. The molecular weight excluding hydrogens is 384 g/mol. The van der Waals surface area contributed by atoms with Crippen molar-refractivity contribution >= 4 is 6.16 Å². The summed E-state index contributed by atoms with van der Waals surface area (Å²) in [6.07, 6.45) is 23.2. The molecule has 0 aromatic carbocycles. The number of hydrogen-bond donors (Lipinski definition) is 0. The van der Waals surface area contributed by atoms with Crippen LogP contribution in [0.25, 0.3) is 0 Å². The fraction of sp³-hybridized carbons (Fsp3) is 0.964. The molecule has 0 aliphatic heterocycles. The van der Waals surface area contributed by atoms with E-state index in [9.17, 15) is 4.79 Å². The number of rotatable bonds is 9. The summed E-state index contributed by atoms with van der Waals surface area (Å²) in [5, 5.41) is 0. The zero-order valence-corrected chi connectivity index (χ0v) is 20.8. The van der Waals surface area contributed by atoms with Crippen molar-refractivity contribution in [3.8, 4) is 0 Å². The monoisotopic (exact) mass is 434 g/mol. The van der Waals surface area contributed by atoms with Gasteiger partial charge in [0.15, 0.2) is 0 Å². The lowest BCUT2D eigenvalue weighted by molar-refractivity contribution is -0.0700. The molecule has 180 valence electrons. The Hall–Kier alpha value is -0.730. The average molecular weight is 435 g/mol. The molecule has 0 heterocycles. The molecule has 3 saturated carbocycles. The van der Waals surface area contributed by atoms with Gasteiger partial charge in [-0.3, -0.25) is 0 Å². The van der Waals surface area contributed by atoms with Crippen molar-refractivity contribution in [2.24, 2.45) is 29.6 Å². The summed E-state index contributed by atoms with van der Waals surface area (Å²) in [6, 6.07) is 0. The molecule has 0 aromatic heterocycles. The third kappa shape index (κ3) is 7.67. The van der Waals surface area contributed by atoms with Crippen LogP contribution in [0.5, 0.6) is 0 Å². The van der Waals surface area contributed by atoms with Crippen LogP contribution >= 0.6 is 0 Å². The number of carbonyl (C=O) groups excluding carboxylic acids is 1. The highest BCUT2D eigenvalue weighted by molar-refractivity contribution is 5.60. The summed E-state index contributed by atoms with van der Waals surface area (Å²) in [4.78, 5) is 12.1. The van der Waals surface area contributed by atoms with Gasteiger partial charge in [-0.25, -0.2) is 4.79 Å². The highest BCUT2D eigenvalue weighted by Crippen LogP contribution is 2.46. The Bertz CT molecular complexity index is 506. The maximum atomic E-state index is 12.1. The molecule has 31 heavy (non-hydrogen) atoms. The second kappa shape index (κ2) is 12.5. The van der Waals surface area contributed by atoms with E-state index in [0.29, 0.717) is 0 Å². The zero-order valence-electron chi connectivity index (χ0n) is 20.8. The second-order valence-electron chi connectivity index (χ2n) is 11.5. The van der Waals surface area contributed by atoms with Crippen LogP contribution in [0.2, 0.25) is 0 Å². The molecule has 0 saturated heterocycles. The standard InChI is InChI=1S/C28H50O3/c1-4-5-6-7-23-10-12-24(13-11-23)16-19-28(31-27(29)30-3)20-17-26(18-21-28)25-14-8-22(2)9-15-25/h22-26H,4-21H2,1-3H3/t22?,23-,24-,25?,26?,28?. The number of unbranched alkanes of at least 4 members (excludes halogenated alkanes) is 2. The minimum absolute atomic E-state index is 0.260. The van der Waals surface area contributed by atoms with Crippen molar-refractivity contribution in [1.82, 2.24) is 0 Å². The Balaban J connectivity index is 1.46. The Kier molecular flexibility index (Phi) is 10.0. The SMILES string of the molecule is CCCCC[C@H]1CC[C@H](CCC2(OC(=O)OC)CCC(C3CCC(C)CC3)CC2)CC1. The third-order valence-electron chi connectivity index (χ3n) is 9.33. The molecule has 3 heteroatoms. The van der Waals surface area contributed by atoms with E-state index in [4.69, 9.17) is 9.47 Å². The van der Waals surface area contributed by atoms with Crippen LogP contribution in [0.1, 0.15) is 129 Å². The van der Waals surface area contributed by atoms with Gasteiger partial charge in [0.05, 0.1) is 7.11 Å². The molecule has 3 nitrogen and oxygen atoms in total. The second-order valence-corrected chi connectivity index (χ2v) is 11.5. The van der Waals surface area contributed by atoms with Gasteiger partial charge in [0.25, 0.3) is 0 Å². The topological polar surface area (TPSA) is 35.5 Å². The molecule has 0 atom stereocenters. The van der Waals surface area contributed by atoms with E-state index in [1.165, 1.54) is 103 Å². The maximum absolute atomic E-state index is 12.1. The van der Waals surface area contributed by atoms with E-state index >= 15 is 0 Å². The summed E-state index contributed by atoms with van der Waals surface area (Å²) >= 11 is 0. The van der Waals surface area contributed by atoms with Gasteiger partial charge >= 0.3 is 6.16 Å². The van der Waals surface area contributed by atoms with Gasteiger partial charge in [-0.05, 0) is 81.0 Å². The largest absolute Gasteiger partial charge is 0.508 e. The lowest BCUT2D eigenvalue weighted by atomic mass is 9.67.